The molecular weight excluding hydrogens is 466 g/mol. The molecule has 0 aliphatic carbocycles. The molecule has 1 aliphatic heterocycles. The monoisotopic (exact) mass is 479 g/mol. The van der Waals surface area contributed by atoms with Gasteiger partial charge in [0.1, 0.15) is 17.2 Å². The molecule has 0 saturated carbocycles. The number of carboxylic acid groups (broad SMARTS) is 1. The molecule has 1 aliphatic rings. The van der Waals surface area contributed by atoms with Crippen molar-refractivity contribution in [2.24, 2.45) is 0 Å². The second-order valence-electron chi connectivity index (χ2n) is 6.79. The fourth-order valence-corrected chi connectivity index (χ4v) is 2.94. The van der Waals surface area contributed by atoms with Crippen LogP contribution in [-0.2, 0) is 10.8 Å². The molecule has 2 aromatic carbocycles. The SMILES string of the molecule is O=C(Nc1cccc(Oc2ccnc(C(=O)O)c2)c1)Nc1ccc2c(c1)C(F)(F)OC(F)(F)O2. The molecule has 13 heteroatoms. The summed E-state index contributed by atoms with van der Waals surface area (Å²) in [6.07, 6.45) is -7.58. The summed E-state index contributed by atoms with van der Waals surface area (Å²) in [4.78, 5) is 27.0. The van der Waals surface area contributed by atoms with Gasteiger partial charge in [0, 0.05) is 29.7 Å². The second kappa shape index (κ2) is 8.51. The summed E-state index contributed by atoms with van der Waals surface area (Å²) in [7, 11) is 0. The highest BCUT2D eigenvalue weighted by molar-refractivity contribution is 6.00. The third-order valence-corrected chi connectivity index (χ3v) is 4.30. The zero-order valence-electron chi connectivity index (χ0n) is 16.7. The molecule has 2 heterocycles. The zero-order chi connectivity index (χ0) is 24.5. The van der Waals surface area contributed by atoms with Crippen LogP contribution in [-0.4, -0.2) is 28.4 Å². The molecule has 3 aromatic rings. The van der Waals surface area contributed by atoms with Gasteiger partial charge in [-0.25, -0.2) is 19.3 Å². The Labute approximate surface area is 187 Å². The molecule has 0 radical (unpaired) electrons. The molecule has 0 atom stereocenters. The Morgan fingerprint density at radius 1 is 0.941 bits per heavy atom. The number of hydrogen-bond donors (Lipinski definition) is 3. The summed E-state index contributed by atoms with van der Waals surface area (Å²) in [6.45, 7) is 0. The number of nitrogens with zero attached hydrogens (tertiary/aromatic N) is 1. The van der Waals surface area contributed by atoms with E-state index in [-0.39, 0.29) is 28.6 Å². The molecule has 9 nitrogen and oxygen atoms in total. The Bertz CT molecular complexity index is 1270. The van der Waals surface area contributed by atoms with Gasteiger partial charge in [-0.2, -0.15) is 8.78 Å². The van der Waals surface area contributed by atoms with Gasteiger partial charge < -0.3 is 25.2 Å². The fourth-order valence-electron chi connectivity index (χ4n) is 2.94. The van der Waals surface area contributed by atoms with E-state index in [4.69, 9.17) is 9.84 Å². The van der Waals surface area contributed by atoms with Gasteiger partial charge in [-0.3, -0.25) is 0 Å². The van der Waals surface area contributed by atoms with Crippen LogP contribution < -0.4 is 20.1 Å². The van der Waals surface area contributed by atoms with E-state index in [1.807, 2.05) is 0 Å². The molecule has 0 fully saturated rings. The number of carbonyl (C=O) groups is 2. The molecule has 3 N–H and O–H groups in total. The lowest BCUT2D eigenvalue weighted by Crippen LogP contribution is -2.41. The highest BCUT2D eigenvalue weighted by Gasteiger charge is 2.54. The number of halogens is 4. The molecule has 0 unspecified atom stereocenters. The summed E-state index contributed by atoms with van der Waals surface area (Å²) in [5, 5.41) is 13.7. The fraction of sp³-hybridized carbons (Fsp3) is 0.0952. The van der Waals surface area contributed by atoms with Crippen molar-refractivity contribution in [2.75, 3.05) is 10.6 Å². The van der Waals surface area contributed by atoms with Crippen LogP contribution in [0.25, 0.3) is 0 Å². The molecule has 0 bridgehead atoms. The van der Waals surface area contributed by atoms with Gasteiger partial charge >= 0.3 is 24.4 Å². The van der Waals surface area contributed by atoms with Gasteiger partial charge in [0.2, 0.25) is 0 Å². The normalized spacial score (nSPS) is 15.4. The van der Waals surface area contributed by atoms with E-state index >= 15 is 0 Å². The highest BCUT2D eigenvalue weighted by Crippen LogP contribution is 2.46. The van der Waals surface area contributed by atoms with Crippen molar-refractivity contribution in [1.82, 2.24) is 4.98 Å². The number of ether oxygens (including phenoxy) is 3. The van der Waals surface area contributed by atoms with Gasteiger partial charge in [-0.05, 0) is 36.4 Å². The number of anilines is 2. The number of urea groups is 1. The maximum Gasteiger partial charge on any atom is 0.540 e. The molecule has 176 valence electrons. The quantitative estimate of drug-likeness (QED) is 0.429. The van der Waals surface area contributed by atoms with Crippen LogP contribution in [0, 0.1) is 0 Å². The molecule has 34 heavy (non-hydrogen) atoms. The van der Waals surface area contributed by atoms with Crippen LogP contribution in [0.5, 0.6) is 17.2 Å². The Kier molecular flexibility index (Phi) is 5.71. The minimum atomic E-state index is -4.50. The number of aromatic carboxylic acids is 1. The first-order chi connectivity index (χ1) is 16.0. The average molecular weight is 479 g/mol. The molecular formula is C21H13F4N3O6. The molecule has 1 aromatic heterocycles. The van der Waals surface area contributed by atoms with Gasteiger partial charge in [-0.15, -0.1) is 8.78 Å². The van der Waals surface area contributed by atoms with Crippen molar-refractivity contribution >= 4 is 23.4 Å². The Morgan fingerprint density at radius 3 is 2.38 bits per heavy atom. The summed E-state index contributed by atoms with van der Waals surface area (Å²) >= 11 is 0. The first kappa shape index (κ1) is 22.8. The molecule has 2 amide bonds. The Hall–Kier alpha value is -4.39. The van der Waals surface area contributed by atoms with Gasteiger partial charge in [-0.1, -0.05) is 6.07 Å². The van der Waals surface area contributed by atoms with Gasteiger partial charge in [0.05, 0.1) is 5.56 Å². The molecule has 4 rings (SSSR count). The van der Waals surface area contributed by atoms with E-state index in [1.165, 1.54) is 30.5 Å². The first-order valence-corrected chi connectivity index (χ1v) is 9.35. The largest absolute Gasteiger partial charge is 0.540 e. The zero-order valence-corrected chi connectivity index (χ0v) is 16.7. The number of amides is 2. The smallest absolute Gasteiger partial charge is 0.477 e. The number of carboxylic acids is 1. The topological polar surface area (TPSA) is 119 Å². The molecule has 0 saturated heterocycles. The van der Waals surface area contributed by atoms with Crippen LogP contribution in [0.15, 0.2) is 60.8 Å². The predicted molar refractivity (Wildman–Crippen MR) is 107 cm³/mol. The van der Waals surface area contributed by atoms with Crippen molar-refractivity contribution in [1.29, 1.82) is 0 Å². The Morgan fingerprint density at radius 2 is 1.65 bits per heavy atom. The minimum absolute atomic E-state index is 0.140. The standard InChI is InChI=1S/C21H13F4N3O6/c22-20(23)15-9-12(4-5-17(15)33-21(24,25)34-20)28-19(31)27-11-2-1-3-13(8-11)32-14-6-7-26-16(10-14)18(29)30/h1-10H,(H,29,30)(H2,27,28,31). The van der Waals surface area contributed by atoms with E-state index in [2.05, 4.69) is 25.1 Å². The van der Waals surface area contributed by atoms with E-state index in [0.717, 1.165) is 18.2 Å². The summed E-state index contributed by atoms with van der Waals surface area (Å²) in [6, 6.07) is 10.5. The average Bonchev–Trinajstić information content (AvgIpc) is 2.73. The third-order valence-electron chi connectivity index (χ3n) is 4.30. The van der Waals surface area contributed by atoms with Crippen molar-refractivity contribution in [3.63, 3.8) is 0 Å². The highest BCUT2D eigenvalue weighted by atomic mass is 19.3. The second-order valence-corrected chi connectivity index (χ2v) is 6.79. The minimum Gasteiger partial charge on any atom is -0.477 e. The first-order valence-electron chi connectivity index (χ1n) is 9.35. The maximum atomic E-state index is 13.9. The number of alkyl halides is 4. The summed E-state index contributed by atoms with van der Waals surface area (Å²) in [5.74, 6) is -1.58. The van der Waals surface area contributed by atoms with E-state index in [9.17, 15) is 27.2 Å². The number of hydrogen-bond acceptors (Lipinski definition) is 6. The number of carbonyl (C=O) groups excluding carboxylic acids is 1. The predicted octanol–water partition coefficient (Wildman–Crippen LogP) is 5.22. The number of benzene rings is 2. The van der Waals surface area contributed by atoms with Crippen molar-refractivity contribution in [3.05, 3.63) is 72.1 Å². The lowest BCUT2D eigenvalue weighted by atomic mass is 10.1. The number of rotatable bonds is 5. The van der Waals surface area contributed by atoms with Crippen LogP contribution >= 0.6 is 0 Å². The lowest BCUT2D eigenvalue weighted by Gasteiger charge is -2.30. The van der Waals surface area contributed by atoms with Crippen molar-refractivity contribution in [2.45, 2.75) is 12.4 Å². The number of pyridine rings is 1. The number of fused-ring (bicyclic) bond motifs is 1. The van der Waals surface area contributed by atoms with E-state index < -0.39 is 35.7 Å². The molecule has 0 spiro atoms. The number of aromatic nitrogens is 1. The van der Waals surface area contributed by atoms with Crippen LogP contribution in [0.2, 0.25) is 0 Å². The maximum absolute atomic E-state index is 13.9. The van der Waals surface area contributed by atoms with E-state index in [1.54, 1.807) is 12.1 Å². The lowest BCUT2D eigenvalue weighted by molar-refractivity contribution is -0.461. The van der Waals surface area contributed by atoms with Crippen molar-refractivity contribution < 1.29 is 46.5 Å². The van der Waals surface area contributed by atoms with Crippen LogP contribution in [0.3, 0.4) is 0 Å². The van der Waals surface area contributed by atoms with Crippen LogP contribution in [0.4, 0.5) is 33.7 Å². The number of nitrogens with one attached hydrogen (secondary N) is 2. The van der Waals surface area contributed by atoms with Crippen molar-refractivity contribution in [3.8, 4) is 17.2 Å². The Balaban J connectivity index is 1.44. The van der Waals surface area contributed by atoms with Gasteiger partial charge in [0.15, 0.2) is 5.69 Å². The van der Waals surface area contributed by atoms with E-state index in [0.29, 0.717) is 0 Å². The summed E-state index contributed by atoms with van der Waals surface area (Å²) < 4.78 is 67.0. The van der Waals surface area contributed by atoms with Gasteiger partial charge in [0.25, 0.3) is 0 Å². The summed E-state index contributed by atoms with van der Waals surface area (Å²) in [5.41, 5.74) is -1.10. The third kappa shape index (κ3) is 5.15. The van der Waals surface area contributed by atoms with Crippen LogP contribution in [0.1, 0.15) is 16.1 Å².